The number of hydrogen-bond donors (Lipinski definition) is 3. The third kappa shape index (κ3) is 8.44. The lowest BCUT2D eigenvalue weighted by atomic mass is 10.2. The van der Waals surface area contributed by atoms with Gasteiger partial charge in [0.05, 0.1) is 5.75 Å². The fraction of sp³-hybridized carbons (Fsp3) is 0.769. The van der Waals surface area contributed by atoms with E-state index in [1.54, 1.807) is 20.8 Å². The molecule has 120 valence electrons. The number of nitrogens with one attached hydrogen (secondary N) is 2. The Morgan fingerprint density at radius 2 is 1.95 bits per heavy atom. The van der Waals surface area contributed by atoms with Gasteiger partial charge in [0.2, 0.25) is 5.91 Å². The first-order valence-electron chi connectivity index (χ1n) is 6.77. The Morgan fingerprint density at radius 1 is 1.33 bits per heavy atom. The second-order valence-electron chi connectivity index (χ2n) is 5.89. The van der Waals surface area contributed by atoms with Gasteiger partial charge in [-0.3, -0.25) is 4.79 Å². The van der Waals surface area contributed by atoms with E-state index in [0.717, 1.165) is 24.6 Å². The van der Waals surface area contributed by atoms with Gasteiger partial charge in [0, 0.05) is 11.8 Å². The molecule has 0 aromatic rings. The molecule has 1 aliphatic rings. The van der Waals surface area contributed by atoms with Crippen molar-refractivity contribution in [2.45, 2.75) is 51.3 Å². The molecular weight excluding hydrogens is 296 g/mol. The number of amides is 2. The smallest absolute Gasteiger partial charge is 0.408 e. The summed E-state index contributed by atoms with van der Waals surface area (Å²) in [7, 11) is 0. The van der Waals surface area contributed by atoms with Gasteiger partial charge < -0.3 is 20.5 Å². The molecule has 1 aliphatic carbocycles. The molecule has 0 saturated heterocycles. The van der Waals surface area contributed by atoms with Crippen molar-refractivity contribution in [2.75, 3.05) is 11.5 Å². The van der Waals surface area contributed by atoms with Crippen LogP contribution in [-0.4, -0.2) is 52.3 Å². The second kappa shape index (κ2) is 7.53. The van der Waals surface area contributed by atoms with E-state index in [9.17, 15) is 14.4 Å². The number of aliphatic carboxylic acids is 1. The molecule has 0 aromatic heterocycles. The lowest BCUT2D eigenvalue weighted by Crippen LogP contribution is -2.45. The van der Waals surface area contributed by atoms with Gasteiger partial charge in [0.1, 0.15) is 11.6 Å². The fourth-order valence-corrected chi connectivity index (χ4v) is 2.24. The molecule has 0 radical (unpaired) electrons. The van der Waals surface area contributed by atoms with Crippen LogP contribution in [0.5, 0.6) is 0 Å². The minimum absolute atomic E-state index is 0.104. The Bertz CT molecular complexity index is 404. The number of carboxylic acid groups (broad SMARTS) is 1. The summed E-state index contributed by atoms with van der Waals surface area (Å²) in [6.07, 6.45) is 1.24. The number of hydrogen-bond acceptors (Lipinski definition) is 5. The summed E-state index contributed by atoms with van der Waals surface area (Å²) in [6.45, 7) is 5.08. The van der Waals surface area contributed by atoms with Crippen LogP contribution in [0, 0.1) is 0 Å². The number of rotatable bonds is 7. The molecule has 8 heteroatoms. The molecule has 3 N–H and O–H groups in total. The lowest BCUT2D eigenvalue weighted by molar-refractivity contribution is -0.138. The van der Waals surface area contributed by atoms with E-state index in [4.69, 9.17) is 9.84 Å². The lowest BCUT2D eigenvalue weighted by Gasteiger charge is -2.21. The number of carbonyl (C=O) groups is 3. The maximum Gasteiger partial charge on any atom is 0.408 e. The predicted octanol–water partition coefficient (Wildman–Crippen LogP) is 0.976. The second-order valence-corrected chi connectivity index (χ2v) is 6.92. The number of alkyl carbamates (subject to hydrolysis) is 1. The van der Waals surface area contributed by atoms with E-state index < -0.39 is 23.7 Å². The number of ether oxygens (including phenoxy) is 1. The largest absolute Gasteiger partial charge is 0.480 e. The zero-order chi connectivity index (χ0) is 16.0. The molecule has 0 aliphatic heterocycles. The average molecular weight is 318 g/mol. The highest BCUT2D eigenvalue weighted by molar-refractivity contribution is 8.00. The van der Waals surface area contributed by atoms with Crippen LogP contribution in [-0.2, 0) is 14.3 Å². The minimum Gasteiger partial charge on any atom is -0.480 e. The highest BCUT2D eigenvalue weighted by Gasteiger charge is 2.25. The average Bonchev–Trinajstić information content (AvgIpc) is 3.08. The highest BCUT2D eigenvalue weighted by Crippen LogP contribution is 2.18. The Hall–Kier alpha value is -1.44. The minimum atomic E-state index is -1.16. The van der Waals surface area contributed by atoms with Crippen LogP contribution in [0.2, 0.25) is 0 Å². The van der Waals surface area contributed by atoms with Crippen molar-refractivity contribution in [1.82, 2.24) is 10.6 Å². The van der Waals surface area contributed by atoms with E-state index in [1.165, 1.54) is 0 Å². The molecule has 2 amide bonds. The van der Waals surface area contributed by atoms with Crippen molar-refractivity contribution in [1.29, 1.82) is 0 Å². The Balaban J connectivity index is 2.30. The fourth-order valence-electron chi connectivity index (χ4n) is 1.39. The Kier molecular flexibility index (Phi) is 6.32. The first-order valence-corrected chi connectivity index (χ1v) is 7.92. The molecule has 0 spiro atoms. The summed E-state index contributed by atoms with van der Waals surface area (Å²) in [5, 5.41) is 14.2. The summed E-state index contributed by atoms with van der Waals surface area (Å²) in [4.78, 5) is 34.1. The first kappa shape index (κ1) is 17.6. The standard InChI is InChI=1S/C13H22N2O5S/c1-13(2,3)20-12(19)15-9(11(17)18)6-21-7-10(16)14-8-4-5-8/h8-9H,4-7H2,1-3H3,(H,14,16)(H,15,19)(H,17,18). The van der Waals surface area contributed by atoms with E-state index in [2.05, 4.69) is 10.6 Å². The normalized spacial score (nSPS) is 16.0. The Morgan fingerprint density at radius 3 is 2.43 bits per heavy atom. The van der Waals surface area contributed by atoms with Crippen molar-refractivity contribution < 1.29 is 24.2 Å². The molecular formula is C13H22N2O5S. The molecule has 0 heterocycles. The van der Waals surface area contributed by atoms with Crippen molar-refractivity contribution in [3.8, 4) is 0 Å². The van der Waals surface area contributed by atoms with Crippen LogP contribution in [0.3, 0.4) is 0 Å². The van der Waals surface area contributed by atoms with Gasteiger partial charge in [-0.1, -0.05) is 0 Å². The van der Waals surface area contributed by atoms with E-state index in [-0.39, 0.29) is 23.5 Å². The molecule has 7 nitrogen and oxygen atoms in total. The van der Waals surface area contributed by atoms with Gasteiger partial charge in [0.15, 0.2) is 0 Å². The van der Waals surface area contributed by atoms with Gasteiger partial charge in [-0.2, -0.15) is 0 Å². The Labute approximate surface area is 128 Å². The maximum atomic E-state index is 11.5. The first-order chi connectivity index (χ1) is 9.67. The molecule has 1 saturated carbocycles. The van der Waals surface area contributed by atoms with Crippen LogP contribution in [0.1, 0.15) is 33.6 Å². The van der Waals surface area contributed by atoms with Gasteiger partial charge in [-0.15, -0.1) is 11.8 Å². The van der Waals surface area contributed by atoms with Gasteiger partial charge >= 0.3 is 12.1 Å². The summed E-state index contributed by atoms with van der Waals surface area (Å²) in [5.74, 6) is -0.983. The molecule has 0 aromatic carbocycles. The van der Waals surface area contributed by atoms with Crippen LogP contribution >= 0.6 is 11.8 Å². The summed E-state index contributed by atoms with van der Waals surface area (Å²) in [6, 6.07) is -0.799. The van der Waals surface area contributed by atoms with Crippen LogP contribution in [0.4, 0.5) is 4.79 Å². The monoisotopic (exact) mass is 318 g/mol. The third-order valence-electron chi connectivity index (χ3n) is 2.45. The number of carboxylic acids is 1. The summed E-state index contributed by atoms with van der Waals surface area (Å²) in [5.41, 5.74) is -0.690. The topological polar surface area (TPSA) is 105 Å². The highest BCUT2D eigenvalue weighted by atomic mass is 32.2. The van der Waals surface area contributed by atoms with E-state index >= 15 is 0 Å². The van der Waals surface area contributed by atoms with Gasteiger partial charge in [0.25, 0.3) is 0 Å². The zero-order valence-electron chi connectivity index (χ0n) is 12.5. The van der Waals surface area contributed by atoms with Gasteiger partial charge in [-0.25, -0.2) is 9.59 Å². The quantitative estimate of drug-likeness (QED) is 0.646. The summed E-state index contributed by atoms with van der Waals surface area (Å²) >= 11 is 1.16. The van der Waals surface area contributed by atoms with Crippen molar-refractivity contribution in [3.63, 3.8) is 0 Å². The van der Waals surface area contributed by atoms with Crippen molar-refractivity contribution >= 4 is 29.7 Å². The molecule has 21 heavy (non-hydrogen) atoms. The zero-order valence-corrected chi connectivity index (χ0v) is 13.3. The van der Waals surface area contributed by atoms with Gasteiger partial charge in [-0.05, 0) is 33.6 Å². The molecule has 0 bridgehead atoms. The third-order valence-corrected chi connectivity index (χ3v) is 3.48. The summed E-state index contributed by atoms with van der Waals surface area (Å²) < 4.78 is 5.00. The number of carbonyl (C=O) groups excluding carboxylic acids is 2. The molecule has 1 atom stereocenters. The van der Waals surface area contributed by atoms with E-state index in [1.807, 2.05) is 0 Å². The molecule has 1 rings (SSSR count). The van der Waals surface area contributed by atoms with Crippen LogP contribution in [0.25, 0.3) is 0 Å². The van der Waals surface area contributed by atoms with Crippen LogP contribution < -0.4 is 10.6 Å². The van der Waals surface area contributed by atoms with Crippen molar-refractivity contribution in [3.05, 3.63) is 0 Å². The number of thioether (sulfide) groups is 1. The predicted molar refractivity (Wildman–Crippen MR) is 79.3 cm³/mol. The maximum absolute atomic E-state index is 11.5. The molecule has 1 unspecified atom stereocenters. The SMILES string of the molecule is CC(C)(C)OC(=O)NC(CSCC(=O)NC1CC1)C(=O)O. The van der Waals surface area contributed by atoms with E-state index in [0.29, 0.717) is 0 Å². The van der Waals surface area contributed by atoms with Crippen LogP contribution in [0.15, 0.2) is 0 Å². The molecule has 1 fully saturated rings. The van der Waals surface area contributed by atoms with Crippen molar-refractivity contribution in [2.24, 2.45) is 0 Å².